The summed E-state index contributed by atoms with van der Waals surface area (Å²) in [6.45, 7) is 3.95. The van der Waals surface area contributed by atoms with Crippen molar-refractivity contribution in [1.82, 2.24) is 19.6 Å². The molecule has 12 heterocycles. The van der Waals surface area contributed by atoms with Gasteiger partial charge in [0.1, 0.15) is 0 Å². The quantitative estimate of drug-likeness (QED) is 0.307. The van der Waals surface area contributed by atoms with E-state index in [-0.39, 0.29) is 90.0 Å². The van der Waals surface area contributed by atoms with E-state index < -0.39 is 22.4 Å². The number of nitrogens with zero attached hydrogens (tertiary/aromatic N) is 4. The van der Waals surface area contributed by atoms with Gasteiger partial charge in [-0.3, -0.25) is 19.6 Å². The summed E-state index contributed by atoms with van der Waals surface area (Å²) in [4.78, 5) is 66.5. The smallest absolute Gasteiger partial charge is 0.335 e. The summed E-state index contributed by atoms with van der Waals surface area (Å²) in [7, 11) is 0. The first-order valence-corrected chi connectivity index (χ1v) is 23.8. The molecule has 8 saturated heterocycles. The Bertz CT molecular complexity index is 2380. The number of carbonyl (C=O) groups excluding carboxylic acids is 4. The van der Waals surface area contributed by atoms with Gasteiger partial charge in [0.15, 0.2) is 22.4 Å². The minimum Gasteiger partial charge on any atom is -0.450 e. The summed E-state index contributed by atoms with van der Waals surface area (Å²) < 4.78 is 26.4. The van der Waals surface area contributed by atoms with Crippen LogP contribution in [0.5, 0.6) is 0 Å². The highest BCUT2D eigenvalue weighted by atomic mass is 16.6. The van der Waals surface area contributed by atoms with Crippen LogP contribution in [0.4, 0.5) is 0 Å². The lowest BCUT2D eigenvalue weighted by Crippen LogP contribution is -2.47. The fourth-order valence-corrected chi connectivity index (χ4v) is 18.8. The zero-order valence-electron chi connectivity index (χ0n) is 34.1. The van der Waals surface area contributed by atoms with Gasteiger partial charge in [0.05, 0.1) is 24.2 Å². The van der Waals surface area contributed by atoms with E-state index in [1.54, 1.807) is 12.2 Å². The van der Waals surface area contributed by atoms with Gasteiger partial charge in [-0.15, -0.1) is 0 Å². The van der Waals surface area contributed by atoms with Crippen LogP contribution in [0.1, 0.15) is 96.3 Å². The van der Waals surface area contributed by atoms with Crippen molar-refractivity contribution in [3.8, 4) is 0 Å². The van der Waals surface area contributed by atoms with E-state index in [2.05, 4.69) is 25.7 Å². The molecule has 4 spiro atoms. The van der Waals surface area contributed by atoms with E-state index in [1.807, 2.05) is 0 Å². The number of hydrogen-bond donors (Lipinski definition) is 0. The highest BCUT2D eigenvalue weighted by Gasteiger charge is 2.74. The van der Waals surface area contributed by atoms with E-state index in [4.69, 9.17) is 18.9 Å². The lowest BCUT2D eigenvalue weighted by molar-refractivity contribution is -0.150. The molecule has 12 heteroatoms. The van der Waals surface area contributed by atoms with Crippen LogP contribution < -0.4 is 0 Å². The topological polar surface area (TPSA) is 118 Å². The van der Waals surface area contributed by atoms with Crippen LogP contribution in [0, 0.1) is 17.8 Å². The monoisotopic (exact) mass is 812 g/mol. The molecule has 16 aliphatic rings. The molecule has 12 aliphatic heterocycles. The molecule has 312 valence electrons. The Kier molecular flexibility index (Phi) is 6.00. The van der Waals surface area contributed by atoms with Crippen molar-refractivity contribution < 1.29 is 38.1 Å². The van der Waals surface area contributed by atoms with Crippen molar-refractivity contribution in [2.24, 2.45) is 17.8 Å². The number of esters is 4. The van der Waals surface area contributed by atoms with Crippen LogP contribution in [-0.4, -0.2) is 140 Å². The molecule has 4 aliphatic carbocycles. The molecular weight excluding hydrogens is 761 g/mol. The van der Waals surface area contributed by atoms with Crippen LogP contribution in [0.25, 0.3) is 0 Å². The summed E-state index contributed by atoms with van der Waals surface area (Å²) in [6.07, 6.45) is 19.7. The minimum atomic E-state index is -0.675. The molecule has 8 bridgehead atoms. The molecule has 16 rings (SSSR count). The Morgan fingerprint density at radius 2 is 0.983 bits per heavy atom. The molecule has 60 heavy (non-hydrogen) atoms. The Balaban J connectivity index is 0.876. The molecule has 0 aromatic heterocycles. The predicted molar refractivity (Wildman–Crippen MR) is 210 cm³/mol. The van der Waals surface area contributed by atoms with E-state index in [9.17, 15) is 14.4 Å². The summed E-state index contributed by atoms with van der Waals surface area (Å²) in [5, 5.41) is 0. The number of rotatable bonds is 3. The maximum atomic E-state index is 15.1. The molecule has 0 aromatic rings. The molecular formula is C48H52N4O8. The van der Waals surface area contributed by atoms with Crippen molar-refractivity contribution >= 4 is 23.9 Å². The van der Waals surface area contributed by atoms with Crippen LogP contribution in [0.2, 0.25) is 0 Å². The second-order valence-electron chi connectivity index (χ2n) is 21.9. The van der Waals surface area contributed by atoms with Crippen LogP contribution in [0.3, 0.4) is 0 Å². The first-order chi connectivity index (χ1) is 29.2. The third kappa shape index (κ3) is 3.58. The molecule has 0 unspecified atom stereocenters. The van der Waals surface area contributed by atoms with Gasteiger partial charge in [0.25, 0.3) is 0 Å². The van der Waals surface area contributed by atoms with E-state index >= 15 is 4.79 Å². The third-order valence-electron chi connectivity index (χ3n) is 20.3. The number of hydrogen-bond acceptors (Lipinski definition) is 12. The normalized spacial score (nSPS) is 52.4. The van der Waals surface area contributed by atoms with Crippen molar-refractivity contribution in [3.63, 3.8) is 0 Å². The SMILES string of the molecule is O=C1C=C2C[C@@H](C3=C4C[C@@H](C5=C[C@H]6C[C@]7(OC(=O)C([C@@H]8CC9=CC(=O)O[C@]9%10C[C@H]8N8CCC[C@H]8%10)=C57)[C@@H]5CCCN56)[C@H]5C[C@]4(OC3=O)[C@@H]3CCCN53)[C@H]3C[C@]2(O1)[C@@H]1CCCN31. The molecule has 11 fully saturated rings. The van der Waals surface area contributed by atoms with Crippen molar-refractivity contribution in [2.75, 3.05) is 26.2 Å². The van der Waals surface area contributed by atoms with Gasteiger partial charge in [-0.2, -0.15) is 0 Å². The first kappa shape index (κ1) is 34.0. The Labute approximate surface area is 348 Å². The molecule has 0 N–H and O–H groups in total. The first-order valence-electron chi connectivity index (χ1n) is 23.8. The van der Waals surface area contributed by atoms with Gasteiger partial charge in [-0.25, -0.2) is 19.2 Å². The fourth-order valence-electron chi connectivity index (χ4n) is 18.8. The molecule has 0 radical (unpaired) electrons. The van der Waals surface area contributed by atoms with Crippen LogP contribution >= 0.6 is 0 Å². The summed E-state index contributed by atoms with van der Waals surface area (Å²) >= 11 is 0. The van der Waals surface area contributed by atoms with Crippen molar-refractivity contribution in [2.45, 2.75) is 167 Å². The summed E-state index contributed by atoms with van der Waals surface area (Å²) in [5.41, 5.74) is 5.28. The summed E-state index contributed by atoms with van der Waals surface area (Å²) in [5.74, 6) is -0.751. The lowest BCUT2D eigenvalue weighted by Gasteiger charge is -2.43. The van der Waals surface area contributed by atoms with Gasteiger partial charge < -0.3 is 18.9 Å². The van der Waals surface area contributed by atoms with Crippen LogP contribution in [-0.2, 0) is 38.1 Å². The standard InChI is InChI=1S/C48H52N4O8/c53-38-15-23-13-28(32-20-45(23,57-38)34-5-2-11-51(32)34)40-30-18-26(31-22-47(30,59-43(40)55)36-7-4-10-50(31)36)27-17-25-19-48(37-8-1-9-49(25)37)42(27)41(44(56)60-48)29-14-24-16-39(54)58-46(24)21-33(29)52-12-3-6-35(46)52/h15-17,25-26,28-29,31-37H,1-14,18-22H2/t25-,26-,28+,29+,31+,32+,33+,34-,35-,36-,37-,45+,46+,47+,48-/m0/s1. The zero-order chi connectivity index (χ0) is 39.4. The van der Waals surface area contributed by atoms with Crippen LogP contribution in [0.15, 0.2) is 57.2 Å². The Morgan fingerprint density at radius 3 is 1.60 bits per heavy atom. The minimum absolute atomic E-state index is 0.0427. The predicted octanol–water partition coefficient (Wildman–Crippen LogP) is 3.56. The number of carbonyl (C=O) groups is 4. The van der Waals surface area contributed by atoms with Gasteiger partial charge in [-0.1, -0.05) is 6.08 Å². The Morgan fingerprint density at radius 1 is 0.500 bits per heavy atom. The largest absolute Gasteiger partial charge is 0.450 e. The molecule has 3 saturated carbocycles. The zero-order valence-corrected chi connectivity index (χ0v) is 34.1. The highest BCUT2D eigenvalue weighted by molar-refractivity contribution is 5.97. The number of fused-ring (bicyclic) bond motifs is 12. The van der Waals surface area contributed by atoms with E-state index in [0.717, 1.165) is 132 Å². The molecule has 12 nitrogen and oxygen atoms in total. The maximum absolute atomic E-state index is 15.1. The van der Waals surface area contributed by atoms with Crippen molar-refractivity contribution in [3.05, 3.63) is 57.2 Å². The highest BCUT2D eigenvalue weighted by Crippen LogP contribution is 2.68. The average Bonchev–Trinajstić information content (AvgIpc) is 4.06. The van der Waals surface area contributed by atoms with Gasteiger partial charge in [0.2, 0.25) is 0 Å². The lowest BCUT2D eigenvalue weighted by atomic mass is 9.62. The third-order valence-corrected chi connectivity index (χ3v) is 20.3. The molecule has 0 amide bonds. The Hall–Kier alpha value is -3.58. The second kappa shape index (κ2) is 10.6. The molecule has 15 atom stereocenters. The average molecular weight is 813 g/mol. The summed E-state index contributed by atoms with van der Waals surface area (Å²) in [6, 6.07) is 1.34. The van der Waals surface area contributed by atoms with Gasteiger partial charge in [-0.05, 0) is 119 Å². The molecule has 0 aromatic carbocycles. The second-order valence-corrected chi connectivity index (χ2v) is 21.9. The fraction of sp³-hybridized carbons (Fsp3) is 0.708. The van der Waals surface area contributed by atoms with Gasteiger partial charge >= 0.3 is 23.9 Å². The van der Waals surface area contributed by atoms with E-state index in [0.29, 0.717) is 12.8 Å². The van der Waals surface area contributed by atoms with Gasteiger partial charge in [0, 0.05) is 96.5 Å². The maximum Gasteiger partial charge on any atom is 0.335 e. The van der Waals surface area contributed by atoms with E-state index in [1.165, 1.54) is 16.7 Å². The number of ether oxygens (including phenoxy) is 4. The van der Waals surface area contributed by atoms with Crippen molar-refractivity contribution in [1.29, 1.82) is 0 Å².